The number of hydrogen-bond acceptors (Lipinski definition) is 9. The monoisotopic (exact) mass is 591 g/mol. The minimum atomic E-state index is -1.62. The number of hydrogen-bond donors (Lipinski definition) is 5. The largest absolute Gasteiger partial charge is 0.506 e. The van der Waals surface area contributed by atoms with Crippen molar-refractivity contribution in [3.8, 4) is 17.2 Å². The second-order valence-corrected chi connectivity index (χ2v) is 11.5. The van der Waals surface area contributed by atoms with Gasteiger partial charge in [-0.1, -0.05) is 31.0 Å². The van der Waals surface area contributed by atoms with Crippen LogP contribution < -0.4 is 9.47 Å². The highest BCUT2D eigenvalue weighted by molar-refractivity contribution is 6.07. The number of carbonyl (C=O) groups excluding carboxylic acids is 1. The van der Waals surface area contributed by atoms with Crippen molar-refractivity contribution < 1.29 is 44.2 Å². The van der Waals surface area contributed by atoms with E-state index in [2.05, 4.69) is 4.98 Å². The van der Waals surface area contributed by atoms with Gasteiger partial charge in [0.05, 0.1) is 31.3 Å². The van der Waals surface area contributed by atoms with Crippen LogP contribution in [0.4, 0.5) is 0 Å². The number of nitrogens with one attached hydrogen (secondary N) is 1. The van der Waals surface area contributed by atoms with Crippen LogP contribution in [0.5, 0.6) is 17.2 Å². The van der Waals surface area contributed by atoms with Crippen LogP contribution >= 0.6 is 0 Å². The van der Waals surface area contributed by atoms with Crippen LogP contribution in [-0.2, 0) is 16.1 Å². The summed E-state index contributed by atoms with van der Waals surface area (Å²) in [6.45, 7) is 1.57. The predicted molar refractivity (Wildman–Crippen MR) is 159 cm³/mol. The minimum Gasteiger partial charge on any atom is -0.506 e. The number of fused-ring (bicyclic) bond motifs is 2. The molecule has 10 nitrogen and oxygen atoms in total. The first-order valence-electron chi connectivity index (χ1n) is 14.6. The number of aromatic hydroxyl groups is 1. The number of ketones is 1. The Balaban J connectivity index is 1.28. The van der Waals surface area contributed by atoms with Crippen molar-refractivity contribution in [1.29, 1.82) is 0 Å². The number of Topliss-reactive ketones (excluding diaryl/α,β-unsaturated/α-hetero) is 1. The quantitative estimate of drug-likeness (QED) is 0.180. The number of methoxy groups -OCH3 is 1. The molecule has 2 aliphatic rings. The second-order valence-electron chi connectivity index (χ2n) is 11.5. The van der Waals surface area contributed by atoms with E-state index in [0.29, 0.717) is 11.1 Å². The van der Waals surface area contributed by atoms with Gasteiger partial charge in [-0.15, -0.1) is 0 Å². The van der Waals surface area contributed by atoms with Crippen LogP contribution in [0.3, 0.4) is 0 Å². The van der Waals surface area contributed by atoms with Crippen LogP contribution in [0.25, 0.3) is 21.7 Å². The number of phenols is 1. The first-order valence-corrected chi connectivity index (χ1v) is 14.6. The summed E-state index contributed by atoms with van der Waals surface area (Å²) >= 11 is 0. The molecule has 1 saturated carbocycles. The van der Waals surface area contributed by atoms with Gasteiger partial charge < -0.3 is 44.4 Å². The van der Waals surface area contributed by atoms with E-state index in [9.17, 15) is 25.2 Å². The molecule has 2 fully saturated rings. The highest BCUT2D eigenvalue weighted by Crippen LogP contribution is 2.46. The predicted octanol–water partition coefficient (Wildman–Crippen LogP) is 4.30. The molecule has 4 aromatic rings. The van der Waals surface area contributed by atoms with Crippen molar-refractivity contribution in [1.82, 2.24) is 4.98 Å². The maximum Gasteiger partial charge on any atom is 0.229 e. The van der Waals surface area contributed by atoms with E-state index in [4.69, 9.17) is 18.9 Å². The fraction of sp³-hybridized carbons (Fsp3) is 0.424. The van der Waals surface area contributed by atoms with E-state index < -0.39 is 30.7 Å². The van der Waals surface area contributed by atoms with Gasteiger partial charge in [-0.05, 0) is 54.8 Å². The van der Waals surface area contributed by atoms with Gasteiger partial charge in [0.25, 0.3) is 0 Å². The average molecular weight is 592 g/mol. The topological polar surface area (TPSA) is 151 Å². The number of para-hydroxylation sites is 1. The Morgan fingerprint density at radius 1 is 1.05 bits per heavy atom. The number of rotatable bonds is 9. The lowest BCUT2D eigenvalue weighted by Gasteiger charge is -2.40. The Morgan fingerprint density at radius 2 is 1.81 bits per heavy atom. The smallest absolute Gasteiger partial charge is 0.229 e. The number of aromatic nitrogens is 1. The lowest BCUT2D eigenvalue weighted by molar-refractivity contribution is -0.280. The van der Waals surface area contributed by atoms with Gasteiger partial charge in [-0.2, -0.15) is 0 Å². The van der Waals surface area contributed by atoms with E-state index >= 15 is 0 Å². The van der Waals surface area contributed by atoms with Crippen molar-refractivity contribution in [2.45, 2.75) is 75.8 Å². The molecule has 0 unspecified atom stereocenters. The van der Waals surface area contributed by atoms with E-state index in [0.717, 1.165) is 47.7 Å². The number of H-pyrrole nitrogens is 1. The molecule has 0 bridgehead atoms. The first kappa shape index (κ1) is 29.4. The number of aliphatic hydroxyl groups is 3. The van der Waals surface area contributed by atoms with Crippen LogP contribution in [0.2, 0.25) is 0 Å². The Labute approximate surface area is 248 Å². The summed E-state index contributed by atoms with van der Waals surface area (Å²) in [5.41, 5.74) is 2.94. The summed E-state index contributed by atoms with van der Waals surface area (Å²) in [5.74, 6) is 0.213. The second kappa shape index (κ2) is 12.1. The molecule has 1 aliphatic carbocycles. The van der Waals surface area contributed by atoms with Gasteiger partial charge in [-0.25, -0.2) is 0 Å². The molecule has 0 radical (unpaired) electrons. The molecule has 228 valence electrons. The van der Waals surface area contributed by atoms with Crippen molar-refractivity contribution in [3.05, 3.63) is 65.4 Å². The van der Waals surface area contributed by atoms with Crippen molar-refractivity contribution in [2.24, 2.45) is 0 Å². The summed E-state index contributed by atoms with van der Waals surface area (Å²) in [5, 5.41) is 45.5. The van der Waals surface area contributed by atoms with E-state index in [1.165, 1.54) is 20.1 Å². The third kappa shape index (κ3) is 5.57. The number of carbonyl (C=O) groups is 1. The summed E-state index contributed by atoms with van der Waals surface area (Å²) in [7, 11) is 1.50. The van der Waals surface area contributed by atoms with E-state index in [1.54, 1.807) is 6.07 Å². The maximum atomic E-state index is 12.8. The molecule has 0 spiro atoms. The fourth-order valence-electron chi connectivity index (χ4n) is 6.43. The molecule has 2 heterocycles. The Bertz CT molecular complexity index is 1630. The molecule has 1 aliphatic heterocycles. The number of aromatic amines is 1. The zero-order valence-corrected chi connectivity index (χ0v) is 24.2. The minimum absolute atomic E-state index is 0.0896. The third-order valence-electron chi connectivity index (χ3n) is 8.69. The lowest BCUT2D eigenvalue weighted by Crippen LogP contribution is -2.60. The van der Waals surface area contributed by atoms with Gasteiger partial charge in [0.1, 0.15) is 41.7 Å². The Kier molecular flexibility index (Phi) is 8.30. The van der Waals surface area contributed by atoms with Crippen molar-refractivity contribution >= 4 is 27.5 Å². The average Bonchev–Trinajstić information content (AvgIpc) is 3.68. The molecule has 0 amide bonds. The SMILES string of the molecule is COc1cc(O[C@H]2O[C@H](COCc3c[nH]c4ccccc34)[C@@H](O)[C@H](O)[C@H]2O)c2c(O)c(C(C)=O)c(C3CCCC3)cc2c1. The summed E-state index contributed by atoms with van der Waals surface area (Å²) in [6.07, 6.45) is -1.26. The maximum absolute atomic E-state index is 12.8. The zero-order chi connectivity index (χ0) is 30.2. The van der Waals surface area contributed by atoms with Gasteiger partial charge in [0.15, 0.2) is 5.78 Å². The Hall–Kier alpha value is -3.67. The molecule has 10 heteroatoms. The van der Waals surface area contributed by atoms with Gasteiger partial charge in [0, 0.05) is 28.7 Å². The van der Waals surface area contributed by atoms with Crippen molar-refractivity contribution in [3.63, 3.8) is 0 Å². The van der Waals surface area contributed by atoms with Crippen LogP contribution in [0, 0.1) is 0 Å². The summed E-state index contributed by atoms with van der Waals surface area (Å²) in [6, 6.07) is 13.0. The Morgan fingerprint density at radius 3 is 2.56 bits per heavy atom. The molecule has 1 aromatic heterocycles. The number of benzene rings is 3. The molecular formula is C33H37NO9. The highest BCUT2D eigenvalue weighted by atomic mass is 16.7. The summed E-state index contributed by atoms with van der Waals surface area (Å²) in [4.78, 5) is 16.0. The van der Waals surface area contributed by atoms with Crippen molar-refractivity contribution in [2.75, 3.05) is 13.7 Å². The number of aliphatic hydroxyl groups excluding tert-OH is 3. The first-order chi connectivity index (χ1) is 20.8. The normalized spacial score (nSPS) is 24.5. The van der Waals surface area contributed by atoms with Crippen LogP contribution in [-0.4, -0.2) is 75.6 Å². The highest BCUT2D eigenvalue weighted by Gasteiger charge is 2.45. The molecule has 3 aromatic carbocycles. The third-order valence-corrected chi connectivity index (χ3v) is 8.69. The van der Waals surface area contributed by atoms with E-state index in [-0.39, 0.29) is 47.4 Å². The number of ether oxygens (including phenoxy) is 4. The van der Waals surface area contributed by atoms with Gasteiger partial charge in [0.2, 0.25) is 6.29 Å². The standard InChI is InChI=1S/C33H37NO9/c1-17(35)27-23(18-7-3-4-8-18)12-19-11-21(40-2)13-25(28(19)30(27)37)42-33-32(39)31(38)29(36)26(43-33)16-41-15-20-14-34-24-10-6-5-9-22(20)24/h5-6,9-14,18,26,29,31-34,36-39H,3-4,7-8,15-16H2,1-2H3/t26-,29-,31+,32-,33+/m1/s1. The summed E-state index contributed by atoms with van der Waals surface area (Å²) < 4.78 is 23.4. The van der Waals surface area contributed by atoms with Crippen LogP contribution in [0.15, 0.2) is 48.7 Å². The van der Waals surface area contributed by atoms with Gasteiger partial charge in [-0.3, -0.25) is 4.79 Å². The van der Waals surface area contributed by atoms with Gasteiger partial charge >= 0.3 is 0 Å². The number of phenolic OH excluding ortho intramolecular Hbond substituents is 1. The molecule has 5 N–H and O–H groups in total. The lowest BCUT2D eigenvalue weighted by atomic mass is 9.87. The van der Waals surface area contributed by atoms with E-state index in [1.807, 2.05) is 36.5 Å². The molecule has 1 saturated heterocycles. The fourth-order valence-corrected chi connectivity index (χ4v) is 6.43. The van der Waals surface area contributed by atoms with Crippen LogP contribution in [0.1, 0.15) is 60.0 Å². The zero-order valence-electron chi connectivity index (χ0n) is 24.2. The molecular weight excluding hydrogens is 554 g/mol. The molecule has 5 atom stereocenters. The molecule has 6 rings (SSSR count). The molecule has 43 heavy (non-hydrogen) atoms.